The van der Waals surface area contributed by atoms with Crippen LogP contribution in [0.5, 0.6) is 0 Å². The van der Waals surface area contributed by atoms with Crippen LogP contribution in [0.15, 0.2) is 0 Å². The molecule has 1 aliphatic carbocycles. The molecular formula is C11H20O4. The summed E-state index contributed by atoms with van der Waals surface area (Å²) in [5.74, 6) is 0. The molecule has 0 aromatic carbocycles. The van der Waals surface area contributed by atoms with E-state index in [0.717, 1.165) is 32.3 Å². The molecule has 1 aliphatic heterocycles. The molecule has 1 unspecified atom stereocenters. The fraction of sp³-hybridized carbons (Fsp3) is 1.00. The zero-order valence-electron chi connectivity index (χ0n) is 9.06. The summed E-state index contributed by atoms with van der Waals surface area (Å²) in [6, 6.07) is 0. The van der Waals surface area contributed by atoms with Gasteiger partial charge in [0.05, 0.1) is 25.4 Å². The molecule has 0 spiro atoms. The SMILES string of the molecule is OC1CC(OCCOC2CCCCO2)C1. The van der Waals surface area contributed by atoms with Gasteiger partial charge in [0.1, 0.15) is 0 Å². The molecular weight excluding hydrogens is 196 g/mol. The number of ether oxygens (including phenoxy) is 3. The molecule has 15 heavy (non-hydrogen) atoms. The second-order valence-corrected chi connectivity index (χ2v) is 4.28. The van der Waals surface area contributed by atoms with Gasteiger partial charge in [-0.1, -0.05) is 0 Å². The summed E-state index contributed by atoms with van der Waals surface area (Å²) < 4.78 is 16.4. The van der Waals surface area contributed by atoms with E-state index in [1.807, 2.05) is 0 Å². The number of aliphatic hydroxyl groups excluding tert-OH is 1. The van der Waals surface area contributed by atoms with Crippen molar-refractivity contribution in [3.63, 3.8) is 0 Å². The summed E-state index contributed by atoms with van der Waals surface area (Å²) in [7, 11) is 0. The number of rotatable bonds is 5. The zero-order valence-corrected chi connectivity index (χ0v) is 9.06. The van der Waals surface area contributed by atoms with Crippen molar-refractivity contribution in [3.05, 3.63) is 0 Å². The van der Waals surface area contributed by atoms with Crippen LogP contribution in [0.1, 0.15) is 32.1 Å². The Bertz CT molecular complexity index is 173. The molecule has 2 rings (SSSR count). The lowest BCUT2D eigenvalue weighted by atomic mass is 9.92. The van der Waals surface area contributed by atoms with Crippen LogP contribution in [0.25, 0.3) is 0 Å². The lowest BCUT2D eigenvalue weighted by Crippen LogP contribution is -2.36. The van der Waals surface area contributed by atoms with Gasteiger partial charge in [0.25, 0.3) is 0 Å². The molecule has 88 valence electrons. The Morgan fingerprint density at radius 1 is 1.13 bits per heavy atom. The Morgan fingerprint density at radius 3 is 2.60 bits per heavy atom. The lowest BCUT2D eigenvalue weighted by molar-refractivity contribution is -0.176. The Hall–Kier alpha value is -0.160. The Morgan fingerprint density at radius 2 is 1.93 bits per heavy atom. The van der Waals surface area contributed by atoms with Gasteiger partial charge < -0.3 is 19.3 Å². The molecule has 1 heterocycles. The normalized spacial score (nSPS) is 36.2. The van der Waals surface area contributed by atoms with E-state index in [-0.39, 0.29) is 18.5 Å². The van der Waals surface area contributed by atoms with Crippen LogP contribution in [0, 0.1) is 0 Å². The van der Waals surface area contributed by atoms with Gasteiger partial charge in [0.15, 0.2) is 6.29 Å². The van der Waals surface area contributed by atoms with Crippen molar-refractivity contribution >= 4 is 0 Å². The lowest BCUT2D eigenvalue weighted by Gasteiger charge is -2.31. The van der Waals surface area contributed by atoms with Gasteiger partial charge in [-0.25, -0.2) is 0 Å². The highest BCUT2D eigenvalue weighted by molar-refractivity contribution is 4.78. The fourth-order valence-electron chi connectivity index (χ4n) is 1.91. The summed E-state index contributed by atoms with van der Waals surface area (Å²) in [5.41, 5.74) is 0. The molecule has 1 atom stereocenters. The molecule has 4 heteroatoms. The van der Waals surface area contributed by atoms with Crippen molar-refractivity contribution in [1.82, 2.24) is 0 Å². The Kier molecular flexibility index (Phi) is 4.38. The van der Waals surface area contributed by atoms with Crippen LogP contribution >= 0.6 is 0 Å². The highest BCUT2D eigenvalue weighted by Gasteiger charge is 2.27. The molecule has 1 saturated carbocycles. The van der Waals surface area contributed by atoms with Crippen molar-refractivity contribution in [2.75, 3.05) is 19.8 Å². The van der Waals surface area contributed by atoms with Crippen LogP contribution in [0.3, 0.4) is 0 Å². The van der Waals surface area contributed by atoms with Crippen molar-refractivity contribution < 1.29 is 19.3 Å². The molecule has 1 N–H and O–H groups in total. The highest BCUT2D eigenvalue weighted by Crippen LogP contribution is 2.22. The highest BCUT2D eigenvalue weighted by atomic mass is 16.7. The van der Waals surface area contributed by atoms with Crippen molar-refractivity contribution in [3.8, 4) is 0 Å². The quantitative estimate of drug-likeness (QED) is 0.698. The standard InChI is InChI=1S/C11H20O4/c12-9-7-10(8-9)13-5-6-15-11-3-1-2-4-14-11/h9-12H,1-8H2. The van der Waals surface area contributed by atoms with Crippen molar-refractivity contribution in [1.29, 1.82) is 0 Å². The average molecular weight is 216 g/mol. The topological polar surface area (TPSA) is 47.9 Å². The van der Waals surface area contributed by atoms with E-state index in [9.17, 15) is 0 Å². The van der Waals surface area contributed by atoms with Gasteiger partial charge in [0.2, 0.25) is 0 Å². The largest absolute Gasteiger partial charge is 0.393 e. The molecule has 1 saturated heterocycles. The molecule has 2 fully saturated rings. The summed E-state index contributed by atoms with van der Waals surface area (Å²) in [4.78, 5) is 0. The summed E-state index contributed by atoms with van der Waals surface area (Å²) >= 11 is 0. The molecule has 0 aromatic heterocycles. The van der Waals surface area contributed by atoms with Crippen LogP contribution in [0.4, 0.5) is 0 Å². The molecule has 0 bridgehead atoms. The van der Waals surface area contributed by atoms with E-state index in [2.05, 4.69) is 0 Å². The van der Waals surface area contributed by atoms with Gasteiger partial charge >= 0.3 is 0 Å². The van der Waals surface area contributed by atoms with E-state index >= 15 is 0 Å². The van der Waals surface area contributed by atoms with Gasteiger partial charge in [-0.05, 0) is 32.1 Å². The fourth-order valence-corrected chi connectivity index (χ4v) is 1.91. The van der Waals surface area contributed by atoms with Gasteiger partial charge in [-0.3, -0.25) is 0 Å². The maximum absolute atomic E-state index is 9.05. The molecule has 4 nitrogen and oxygen atoms in total. The second kappa shape index (κ2) is 5.80. The minimum Gasteiger partial charge on any atom is -0.393 e. The maximum atomic E-state index is 9.05. The van der Waals surface area contributed by atoms with E-state index in [1.54, 1.807) is 0 Å². The number of hydrogen-bond donors (Lipinski definition) is 1. The maximum Gasteiger partial charge on any atom is 0.157 e. The first-order chi connectivity index (χ1) is 7.34. The first-order valence-corrected chi connectivity index (χ1v) is 5.87. The average Bonchev–Trinajstić information content (AvgIpc) is 2.23. The number of aliphatic hydroxyl groups is 1. The predicted molar refractivity (Wildman–Crippen MR) is 54.5 cm³/mol. The van der Waals surface area contributed by atoms with Crippen molar-refractivity contribution in [2.24, 2.45) is 0 Å². The smallest absolute Gasteiger partial charge is 0.157 e. The summed E-state index contributed by atoms with van der Waals surface area (Å²) in [6.45, 7) is 2.02. The molecule has 2 aliphatic rings. The van der Waals surface area contributed by atoms with Gasteiger partial charge in [0, 0.05) is 6.61 Å². The van der Waals surface area contributed by atoms with Crippen LogP contribution in [-0.2, 0) is 14.2 Å². The first-order valence-electron chi connectivity index (χ1n) is 5.87. The van der Waals surface area contributed by atoms with Crippen LogP contribution in [-0.4, -0.2) is 43.4 Å². The minimum absolute atomic E-state index is 0.0191. The Labute approximate surface area is 90.5 Å². The van der Waals surface area contributed by atoms with Gasteiger partial charge in [-0.15, -0.1) is 0 Å². The van der Waals surface area contributed by atoms with E-state index in [1.165, 1.54) is 6.42 Å². The predicted octanol–water partition coefficient (Wildman–Crippen LogP) is 1.07. The third kappa shape index (κ3) is 3.72. The minimum atomic E-state index is -0.141. The van der Waals surface area contributed by atoms with E-state index < -0.39 is 0 Å². The molecule has 0 amide bonds. The summed E-state index contributed by atoms with van der Waals surface area (Å²) in [6.07, 6.45) is 4.99. The monoisotopic (exact) mass is 216 g/mol. The zero-order chi connectivity index (χ0) is 10.5. The Balaban J connectivity index is 1.44. The van der Waals surface area contributed by atoms with Crippen LogP contribution < -0.4 is 0 Å². The van der Waals surface area contributed by atoms with E-state index in [0.29, 0.717) is 13.2 Å². The number of hydrogen-bond acceptors (Lipinski definition) is 4. The van der Waals surface area contributed by atoms with Crippen LogP contribution in [0.2, 0.25) is 0 Å². The molecule has 0 aromatic rings. The van der Waals surface area contributed by atoms with Crippen molar-refractivity contribution in [2.45, 2.75) is 50.6 Å². The summed E-state index contributed by atoms with van der Waals surface area (Å²) in [5, 5.41) is 9.05. The third-order valence-corrected chi connectivity index (χ3v) is 2.95. The first kappa shape index (κ1) is 11.3. The van der Waals surface area contributed by atoms with E-state index in [4.69, 9.17) is 19.3 Å². The second-order valence-electron chi connectivity index (χ2n) is 4.28. The third-order valence-electron chi connectivity index (χ3n) is 2.95. The van der Waals surface area contributed by atoms with Gasteiger partial charge in [-0.2, -0.15) is 0 Å². The molecule has 0 radical (unpaired) electrons.